The average molecular weight is 217 g/mol. The molecule has 2 unspecified atom stereocenters. The lowest BCUT2D eigenvalue weighted by Crippen LogP contribution is -2.20. The van der Waals surface area contributed by atoms with Crippen molar-refractivity contribution in [2.24, 2.45) is 11.8 Å². The fraction of sp³-hybridized carbons (Fsp3) is 0.500. The summed E-state index contributed by atoms with van der Waals surface area (Å²) in [4.78, 5) is 13.4. The van der Waals surface area contributed by atoms with E-state index in [1.165, 1.54) is 12.1 Å². The molecule has 1 saturated carbocycles. The van der Waals surface area contributed by atoms with Crippen LogP contribution >= 0.6 is 0 Å². The van der Waals surface area contributed by atoms with Crippen LogP contribution in [0.5, 0.6) is 0 Å². The van der Waals surface area contributed by atoms with E-state index >= 15 is 0 Å². The van der Waals surface area contributed by atoms with Gasteiger partial charge in [0.05, 0.1) is 0 Å². The Kier molecular flexibility index (Phi) is 2.99. The first-order valence-corrected chi connectivity index (χ1v) is 5.90. The molecule has 0 N–H and O–H groups in total. The molecular formula is C14H19NO. The molecule has 1 aliphatic carbocycles. The lowest BCUT2D eigenvalue weighted by Gasteiger charge is -2.19. The Hall–Kier alpha value is -1.31. The quantitative estimate of drug-likeness (QED) is 0.723. The number of nitrogens with zero attached hydrogens (tertiary/aromatic N) is 1. The average Bonchev–Trinajstić information content (AvgIpc) is 2.94. The molecule has 2 heteroatoms. The van der Waals surface area contributed by atoms with E-state index in [0.29, 0.717) is 0 Å². The summed E-state index contributed by atoms with van der Waals surface area (Å²) >= 11 is 0. The molecule has 2 nitrogen and oxygen atoms in total. The van der Waals surface area contributed by atoms with Gasteiger partial charge in [0.2, 0.25) is 0 Å². The molecule has 0 amide bonds. The molecular weight excluding hydrogens is 198 g/mol. The van der Waals surface area contributed by atoms with Gasteiger partial charge in [-0.2, -0.15) is 0 Å². The fourth-order valence-corrected chi connectivity index (χ4v) is 2.06. The van der Waals surface area contributed by atoms with Crippen molar-refractivity contribution < 1.29 is 4.79 Å². The summed E-state index contributed by atoms with van der Waals surface area (Å²) in [5, 5.41) is 0. The zero-order valence-corrected chi connectivity index (χ0v) is 10.2. The monoisotopic (exact) mass is 217 g/mol. The highest BCUT2D eigenvalue weighted by molar-refractivity contribution is 5.94. The predicted molar refractivity (Wildman–Crippen MR) is 67.0 cm³/mol. The smallest absolute Gasteiger partial charge is 0.159 e. The summed E-state index contributed by atoms with van der Waals surface area (Å²) in [7, 11) is 2.12. The lowest BCUT2D eigenvalue weighted by molar-refractivity contribution is 0.101. The van der Waals surface area contributed by atoms with E-state index in [-0.39, 0.29) is 5.78 Å². The molecule has 16 heavy (non-hydrogen) atoms. The van der Waals surface area contributed by atoms with E-state index in [2.05, 4.69) is 18.9 Å². The van der Waals surface area contributed by atoms with Crippen LogP contribution in [-0.4, -0.2) is 19.4 Å². The molecule has 1 aromatic carbocycles. The van der Waals surface area contributed by atoms with Gasteiger partial charge in [-0.15, -0.1) is 0 Å². The van der Waals surface area contributed by atoms with Crippen molar-refractivity contribution >= 4 is 11.5 Å². The number of benzene rings is 1. The highest BCUT2D eigenvalue weighted by Gasteiger charge is 2.33. The number of carbonyl (C=O) groups is 1. The van der Waals surface area contributed by atoms with Crippen LogP contribution in [0.15, 0.2) is 24.3 Å². The minimum absolute atomic E-state index is 0.130. The molecule has 2 atom stereocenters. The molecule has 0 spiro atoms. The Morgan fingerprint density at radius 1 is 1.38 bits per heavy atom. The van der Waals surface area contributed by atoms with E-state index in [4.69, 9.17) is 0 Å². The number of rotatable bonds is 4. The Labute approximate surface area is 97.3 Å². The van der Waals surface area contributed by atoms with E-state index in [9.17, 15) is 4.79 Å². The van der Waals surface area contributed by atoms with E-state index in [0.717, 1.165) is 23.9 Å². The molecule has 0 saturated heterocycles. The SMILES string of the molecule is CC(=O)c1ccc(N(C)CC2CC2C)cc1. The first-order valence-electron chi connectivity index (χ1n) is 5.90. The molecule has 0 aromatic heterocycles. The molecule has 2 rings (SSSR count). The topological polar surface area (TPSA) is 20.3 Å². The van der Waals surface area contributed by atoms with Gasteiger partial charge in [0.1, 0.15) is 0 Å². The Morgan fingerprint density at radius 3 is 2.38 bits per heavy atom. The molecule has 1 aromatic rings. The van der Waals surface area contributed by atoms with E-state index in [1.807, 2.05) is 24.3 Å². The second kappa shape index (κ2) is 4.28. The van der Waals surface area contributed by atoms with Crippen molar-refractivity contribution in [1.29, 1.82) is 0 Å². The zero-order valence-electron chi connectivity index (χ0n) is 10.2. The van der Waals surface area contributed by atoms with Crippen LogP contribution in [0.3, 0.4) is 0 Å². The summed E-state index contributed by atoms with van der Waals surface area (Å²) in [6.45, 7) is 5.03. The first kappa shape index (κ1) is 11.2. The van der Waals surface area contributed by atoms with Gasteiger partial charge in [-0.3, -0.25) is 4.79 Å². The minimum atomic E-state index is 0.130. The molecule has 0 heterocycles. The molecule has 1 aliphatic rings. The Bertz CT molecular complexity index is 382. The molecule has 0 aliphatic heterocycles. The third-order valence-electron chi connectivity index (χ3n) is 3.50. The van der Waals surface area contributed by atoms with Gasteiger partial charge >= 0.3 is 0 Å². The van der Waals surface area contributed by atoms with Crippen molar-refractivity contribution in [2.75, 3.05) is 18.5 Å². The van der Waals surface area contributed by atoms with Crippen LogP contribution in [0.25, 0.3) is 0 Å². The second-order valence-corrected chi connectivity index (χ2v) is 4.96. The van der Waals surface area contributed by atoms with Crippen LogP contribution in [0.4, 0.5) is 5.69 Å². The number of carbonyl (C=O) groups excluding carboxylic acids is 1. The summed E-state index contributed by atoms with van der Waals surface area (Å²) < 4.78 is 0. The third kappa shape index (κ3) is 2.43. The largest absolute Gasteiger partial charge is 0.374 e. The maximum absolute atomic E-state index is 11.1. The maximum Gasteiger partial charge on any atom is 0.159 e. The highest BCUT2D eigenvalue weighted by Crippen LogP contribution is 2.38. The maximum atomic E-state index is 11.1. The van der Waals surface area contributed by atoms with Gasteiger partial charge < -0.3 is 4.90 Å². The highest BCUT2D eigenvalue weighted by atomic mass is 16.1. The number of hydrogen-bond donors (Lipinski definition) is 0. The summed E-state index contributed by atoms with van der Waals surface area (Å²) in [6, 6.07) is 7.88. The van der Waals surface area contributed by atoms with Crippen LogP contribution in [0.2, 0.25) is 0 Å². The Balaban J connectivity index is 2.00. The van der Waals surface area contributed by atoms with Crippen molar-refractivity contribution in [3.05, 3.63) is 29.8 Å². The Morgan fingerprint density at radius 2 is 1.94 bits per heavy atom. The van der Waals surface area contributed by atoms with Crippen molar-refractivity contribution in [3.8, 4) is 0 Å². The van der Waals surface area contributed by atoms with Gasteiger partial charge in [0.15, 0.2) is 5.78 Å². The van der Waals surface area contributed by atoms with Crippen LogP contribution in [0.1, 0.15) is 30.6 Å². The van der Waals surface area contributed by atoms with Gasteiger partial charge in [-0.1, -0.05) is 6.92 Å². The summed E-state index contributed by atoms with van der Waals surface area (Å²) in [5.41, 5.74) is 1.99. The van der Waals surface area contributed by atoms with Crippen molar-refractivity contribution in [2.45, 2.75) is 20.3 Å². The standard InChI is InChI=1S/C14H19NO/c1-10-8-13(10)9-15(3)14-6-4-12(5-7-14)11(2)16/h4-7,10,13H,8-9H2,1-3H3. The van der Waals surface area contributed by atoms with E-state index in [1.54, 1.807) is 6.92 Å². The second-order valence-electron chi connectivity index (χ2n) is 4.96. The molecule has 1 fully saturated rings. The lowest BCUT2D eigenvalue weighted by atomic mass is 10.1. The van der Waals surface area contributed by atoms with Gasteiger partial charge in [-0.25, -0.2) is 0 Å². The van der Waals surface area contributed by atoms with Crippen molar-refractivity contribution in [3.63, 3.8) is 0 Å². The summed E-state index contributed by atoms with van der Waals surface area (Å²) in [6.07, 6.45) is 1.36. The van der Waals surface area contributed by atoms with Gasteiger partial charge in [0, 0.05) is 24.8 Å². The molecule has 0 radical (unpaired) electrons. The van der Waals surface area contributed by atoms with Crippen LogP contribution in [0, 0.1) is 11.8 Å². The van der Waals surface area contributed by atoms with E-state index < -0.39 is 0 Å². The number of Topliss-reactive ketones (excluding diaryl/α,β-unsaturated/α-hetero) is 1. The number of hydrogen-bond acceptors (Lipinski definition) is 2. The summed E-state index contributed by atoms with van der Waals surface area (Å²) in [5.74, 6) is 1.88. The minimum Gasteiger partial charge on any atom is -0.374 e. The predicted octanol–water partition coefficient (Wildman–Crippen LogP) is 2.98. The van der Waals surface area contributed by atoms with Crippen molar-refractivity contribution in [1.82, 2.24) is 0 Å². The van der Waals surface area contributed by atoms with Gasteiger partial charge in [-0.05, 0) is 49.4 Å². The molecule has 0 bridgehead atoms. The molecule has 86 valence electrons. The number of ketones is 1. The van der Waals surface area contributed by atoms with Crippen LogP contribution in [-0.2, 0) is 0 Å². The normalized spacial score (nSPS) is 22.9. The van der Waals surface area contributed by atoms with Gasteiger partial charge in [0.25, 0.3) is 0 Å². The first-order chi connectivity index (χ1) is 7.58. The zero-order chi connectivity index (χ0) is 11.7. The van der Waals surface area contributed by atoms with Crippen LogP contribution < -0.4 is 4.90 Å². The number of anilines is 1. The fourth-order valence-electron chi connectivity index (χ4n) is 2.06. The third-order valence-corrected chi connectivity index (χ3v) is 3.50.